The maximum Gasteiger partial charge on any atom is 0.152 e. The Morgan fingerprint density at radius 3 is 3.06 bits per heavy atom. The van der Waals surface area contributed by atoms with E-state index in [-0.39, 0.29) is 0 Å². The normalized spacial score (nSPS) is 17.2. The molecule has 2 aromatic rings. The largest absolute Gasteiger partial charge is 0.368 e. The molecule has 3 rings (SSSR count). The van der Waals surface area contributed by atoms with Crippen molar-refractivity contribution >= 4 is 22.9 Å². The van der Waals surface area contributed by atoms with Crippen LogP contribution in [0.15, 0.2) is 24.7 Å². The van der Waals surface area contributed by atoms with Gasteiger partial charge in [0.15, 0.2) is 5.82 Å². The molecular weight excluding hydrogens is 236 g/mol. The van der Waals surface area contributed by atoms with Crippen LogP contribution in [0.25, 0.3) is 5.52 Å². The van der Waals surface area contributed by atoms with E-state index in [0.717, 1.165) is 30.2 Å². The number of aromatic nitrogens is 3. The Hall–Kier alpha value is -1.29. The summed E-state index contributed by atoms with van der Waals surface area (Å²) in [6, 6.07) is 1.97. The lowest BCUT2D eigenvalue weighted by molar-refractivity contribution is 0.524. The molecule has 0 saturated heterocycles. The van der Waals surface area contributed by atoms with E-state index in [4.69, 9.17) is 11.6 Å². The van der Waals surface area contributed by atoms with Crippen LogP contribution in [0, 0.1) is 5.41 Å². The maximum absolute atomic E-state index is 5.83. The van der Waals surface area contributed by atoms with Crippen molar-refractivity contribution in [3.05, 3.63) is 24.7 Å². The monoisotopic (exact) mass is 250 g/mol. The van der Waals surface area contributed by atoms with E-state index < -0.39 is 0 Å². The minimum atomic E-state index is 0.413. The Balaban J connectivity index is 1.75. The quantitative estimate of drug-likeness (QED) is 0.830. The van der Waals surface area contributed by atoms with Crippen LogP contribution in [0.2, 0.25) is 0 Å². The first kappa shape index (κ1) is 10.8. The fourth-order valence-corrected chi connectivity index (χ4v) is 2.56. The summed E-state index contributed by atoms with van der Waals surface area (Å²) >= 11 is 5.83. The van der Waals surface area contributed by atoms with Crippen molar-refractivity contribution in [1.82, 2.24) is 14.6 Å². The van der Waals surface area contributed by atoms with E-state index in [1.807, 2.05) is 16.8 Å². The zero-order valence-electron chi connectivity index (χ0n) is 9.56. The average molecular weight is 251 g/mol. The highest BCUT2D eigenvalue weighted by atomic mass is 35.5. The fourth-order valence-electron chi connectivity index (χ4n) is 2.16. The van der Waals surface area contributed by atoms with Gasteiger partial charge in [-0.25, -0.2) is 9.50 Å². The van der Waals surface area contributed by atoms with Gasteiger partial charge in [-0.2, -0.15) is 5.10 Å². The molecule has 17 heavy (non-hydrogen) atoms. The molecule has 1 saturated carbocycles. The molecule has 5 heteroatoms. The number of rotatable bonds is 5. The van der Waals surface area contributed by atoms with Gasteiger partial charge in [-0.05, 0) is 30.7 Å². The Kier molecular flexibility index (Phi) is 2.67. The van der Waals surface area contributed by atoms with Crippen molar-refractivity contribution in [1.29, 1.82) is 0 Å². The number of nitrogens with zero attached hydrogens (tertiary/aromatic N) is 3. The molecule has 1 aliphatic carbocycles. The molecule has 2 aromatic heterocycles. The van der Waals surface area contributed by atoms with Crippen LogP contribution in [-0.2, 0) is 0 Å². The third-order valence-electron chi connectivity index (χ3n) is 3.54. The lowest BCUT2D eigenvalue weighted by Crippen LogP contribution is -2.17. The van der Waals surface area contributed by atoms with E-state index in [1.165, 1.54) is 12.8 Å². The molecule has 0 unspecified atom stereocenters. The van der Waals surface area contributed by atoms with Gasteiger partial charge in [0.1, 0.15) is 5.52 Å². The van der Waals surface area contributed by atoms with Gasteiger partial charge in [0.05, 0.1) is 6.20 Å². The zero-order chi connectivity index (χ0) is 11.7. The average Bonchev–Trinajstić information content (AvgIpc) is 2.92. The highest BCUT2D eigenvalue weighted by Crippen LogP contribution is 2.48. The summed E-state index contributed by atoms with van der Waals surface area (Å²) in [5.41, 5.74) is 1.44. The zero-order valence-corrected chi connectivity index (χ0v) is 10.3. The number of fused-ring (bicyclic) bond motifs is 1. The standard InChI is InChI=1S/C12H15ClN4/c13-5-4-12(2-3-12)9-15-11-10-1-6-16-17(10)8-7-14-11/h1,6-8H,2-5,9H2,(H,14,15). The summed E-state index contributed by atoms with van der Waals surface area (Å²) in [5.74, 6) is 1.65. The van der Waals surface area contributed by atoms with Gasteiger partial charge < -0.3 is 5.32 Å². The minimum Gasteiger partial charge on any atom is -0.368 e. The van der Waals surface area contributed by atoms with Gasteiger partial charge in [-0.3, -0.25) is 0 Å². The van der Waals surface area contributed by atoms with Crippen molar-refractivity contribution < 1.29 is 0 Å². The van der Waals surface area contributed by atoms with E-state index in [0.29, 0.717) is 5.41 Å². The minimum absolute atomic E-state index is 0.413. The predicted octanol–water partition coefficient (Wildman–Crippen LogP) is 2.55. The number of halogens is 1. The van der Waals surface area contributed by atoms with E-state index >= 15 is 0 Å². The van der Waals surface area contributed by atoms with Gasteiger partial charge in [-0.1, -0.05) is 0 Å². The van der Waals surface area contributed by atoms with Crippen molar-refractivity contribution in [2.24, 2.45) is 5.41 Å². The van der Waals surface area contributed by atoms with Crippen molar-refractivity contribution in [3.8, 4) is 0 Å². The molecule has 0 radical (unpaired) electrons. The first-order chi connectivity index (χ1) is 8.33. The van der Waals surface area contributed by atoms with Crippen LogP contribution in [0.4, 0.5) is 5.82 Å². The second-order valence-corrected chi connectivity index (χ2v) is 5.11. The molecule has 1 fully saturated rings. The summed E-state index contributed by atoms with van der Waals surface area (Å²) in [5, 5.41) is 7.62. The van der Waals surface area contributed by atoms with Gasteiger partial charge in [0.25, 0.3) is 0 Å². The summed E-state index contributed by atoms with van der Waals surface area (Å²) in [7, 11) is 0. The van der Waals surface area contributed by atoms with Crippen LogP contribution in [0.1, 0.15) is 19.3 Å². The molecule has 90 valence electrons. The number of hydrogen-bond acceptors (Lipinski definition) is 3. The number of alkyl halides is 1. The fraction of sp³-hybridized carbons (Fsp3) is 0.500. The summed E-state index contributed by atoms with van der Waals surface area (Å²) in [6.45, 7) is 0.956. The molecule has 1 N–H and O–H groups in total. The van der Waals surface area contributed by atoms with E-state index in [1.54, 1.807) is 12.4 Å². The predicted molar refractivity (Wildman–Crippen MR) is 68.5 cm³/mol. The second-order valence-electron chi connectivity index (χ2n) is 4.73. The van der Waals surface area contributed by atoms with Crippen molar-refractivity contribution in [2.45, 2.75) is 19.3 Å². The number of anilines is 1. The Labute approximate surface area is 105 Å². The number of nitrogens with one attached hydrogen (secondary N) is 1. The first-order valence-electron chi connectivity index (χ1n) is 5.91. The third kappa shape index (κ3) is 2.09. The van der Waals surface area contributed by atoms with E-state index in [2.05, 4.69) is 15.4 Å². The molecule has 0 atom stereocenters. The Morgan fingerprint density at radius 2 is 2.29 bits per heavy atom. The SMILES string of the molecule is ClCCC1(CNc2nccn3nccc23)CC1. The molecule has 4 nitrogen and oxygen atoms in total. The van der Waals surface area contributed by atoms with Gasteiger partial charge >= 0.3 is 0 Å². The highest BCUT2D eigenvalue weighted by Gasteiger charge is 2.41. The van der Waals surface area contributed by atoms with Crippen LogP contribution >= 0.6 is 11.6 Å². The molecule has 0 aliphatic heterocycles. The lowest BCUT2D eigenvalue weighted by Gasteiger charge is -2.15. The lowest BCUT2D eigenvalue weighted by atomic mass is 10.0. The Bertz CT molecular complexity index is 518. The highest BCUT2D eigenvalue weighted by molar-refractivity contribution is 6.17. The second kappa shape index (κ2) is 4.18. The first-order valence-corrected chi connectivity index (χ1v) is 6.45. The summed E-state index contributed by atoms with van der Waals surface area (Å²) in [4.78, 5) is 4.37. The van der Waals surface area contributed by atoms with Crippen molar-refractivity contribution in [2.75, 3.05) is 17.7 Å². The molecule has 2 heterocycles. The Morgan fingerprint density at radius 1 is 1.41 bits per heavy atom. The van der Waals surface area contributed by atoms with E-state index in [9.17, 15) is 0 Å². The smallest absolute Gasteiger partial charge is 0.152 e. The topological polar surface area (TPSA) is 42.2 Å². The maximum atomic E-state index is 5.83. The summed E-state index contributed by atoms with van der Waals surface area (Å²) < 4.78 is 1.83. The molecule has 0 amide bonds. The van der Waals surface area contributed by atoms with Gasteiger partial charge in [-0.15, -0.1) is 11.6 Å². The van der Waals surface area contributed by atoms with Crippen molar-refractivity contribution in [3.63, 3.8) is 0 Å². The van der Waals surface area contributed by atoms with Gasteiger partial charge in [0.2, 0.25) is 0 Å². The van der Waals surface area contributed by atoms with Gasteiger partial charge in [0, 0.05) is 24.8 Å². The molecular formula is C12H15ClN4. The number of hydrogen-bond donors (Lipinski definition) is 1. The van der Waals surface area contributed by atoms with Crippen LogP contribution in [-0.4, -0.2) is 27.0 Å². The molecule has 0 bridgehead atoms. The van der Waals surface area contributed by atoms with Crippen LogP contribution in [0.3, 0.4) is 0 Å². The molecule has 0 aromatic carbocycles. The molecule has 0 spiro atoms. The summed E-state index contributed by atoms with van der Waals surface area (Å²) in [6.07, 6.45) is 9.04. The third-order valence-corrected chi connectivity index (χ3v) is 3.73. The van der Waals surface area contributed by atoms with Crippen LogP contribution < -0.4 is 5.32 Å². The van der Waals surface area contributed by atoms with Crippen LogP contribution in [0.5, 0.6) is 0 Å². The molecule has 1 aliphatic rings.